The molecule has 2 aromatic rings. The number of rotatable bonds is 2. The Hall–Kier alpha value is -1.72. The second kappa shape index (κ2) is 3.94. The molecule has 1 aliphatic rings. The van der Waals surface area contributed by atoms with Crippen molar-refractivity contribution in [3.05, 3.63) is 46.5 Å². The highest BCUT2D eigenvalue weighted by atomic mass is 16.1. The van der Waals surface area contributed by atoms with Crippen LogP contribution in [0.3, 0.4) is 0 Å². The fourth-order valence-corrected chi connectivity index (χ4v) is 2.15. The molecule has 1 aliphatic heterocycles. The summed E-state index contributed by atoms with van der Waals surface area (Å²) in [5.41, 5.74) is 7.19. The smallest absolute Gasteiger partial charge is 0.258 e. The number of nitrogens with two attached hydrogens (primary N) is 1. The average Bonchev–Trinajstić information content (AvgIpc) is 2.27. The van der Waals surface area contributed by atoms with E-state index < -0.39 is 0 Å². The standard InChI is InChI=1S/C12H14N4O/c13-9-6-15(7-9)8-10-5-12(17)16-4-2-1-3-11(16)14-10/h1-5,9H,6-8,13H2. The summed E-state index contributed by atoms with van der Waals surface area (Å²) in [6.07, 6.45) is 1.73. The maximum Gasteiger partial charge on any atom is 0.258 e. The molecule has 0 unspecified atom stereocenters. The van der Waals surface area contributed by atoms with Crippen LogP contribution in [0.4, 0.5) is 0 Å². The van der Waals surface area contributed by atoms with Crippen LogP contribution in [-0.2, 0) is 6.54 Å². The third-order valence-electron chi connectivity index (χ3n) is 3.00. The molecule has 5 nitrogen and oxygen atoms in total. The van der Waals surface area contributed by atoms with Crippen molar-refractivity contribution in [2.24, 2.45) is 5.73 Å². The zero-order chi connectivity index (χ0) is 11.8. The SMILES string of the molecule is NC1CN(Cc2cc(=O)n3ccccc3n2)C1. The van der Waals surface area contributed by atoms with Gasteiger partial charge in [0, 0.05) is 37.9 Å². The van der Waals surface area contributed by atoms with Gasteiger partial charge < -0.3 is 5.73 Å². The molecule has 0 bridgehead atoms. The summed E-state index contributed by atoms with van der Waals surface area (Å²) in [4.78, 5) is 18.5. The molecule has 0 radical (unpaired) electrons. The van der Waals surface area contributed by atoms with E-state index in [2.05, 4.69) is 9.88 Å². The first-order chi connectivity index (χ1) is 8.22. The lowest BCUT2D eigenvalue weighted by atomic mass is 10.1. The summed E-state index contributed by atoms with van der Waals surface area (Å²) in [6.45, 7) is 2.47. The van der Waals surface area contributed by atoms with Crippen LogP contribution in [-0.4, -0.2) is 33.4 Å². The molecular weight excluding hydrogens is 216 g/mol. The molecule has 0 atom stereocenters. The summed E-state index contributed by atoms with van der Waals surface area (Å²) in [6, 6.07) is 7.41. The number of hydrogen-bond acceptors (Lipinski definition) is 4. The van der Waals surface area contributed by atoms with E-state index in [4.69, 9.17) is 5.73 Å². The van der Waals surface area contributed by atoms with Crippen LogP contribution < -0.4 is 11.3 Å². The molecular formula is C12H14N4O. The Balaban J connectivity index is 1.93. The van der Waals surface area contributed by atoms with Gasteiger partial charge in [-0.15, -0.1) is 0 Å². The predicted octanol–water partition coefficient (Wildman–Crippen LogP) is -0.163. The van der Waals surface area contributed by atoms with Crippen LogP contribution >= 0.6 is 0 Å². The first-order valence-electron chi connectivity index (χ1n) is 5.67. The van der Waals surface area contributed by atoms with Crippen LogP contribution in [0, 0.1) is 0 Å². The minimum absolute atomic E-state index is 0.0320. The van der Waals surface area contributed by atoms with Gasteiger partial charge in [-0.05, 0) is 12.1 Å². The normalized spacial score (nSPS) is 17.2. The van der Waals surface area contributed by atoms with Crippen molar-refractivity contribution in [1.29, 1.82) is 0 Å². The van der Waals surface area contributed by atoms with Gasteiger partial charge >= 0.3 is 0 Å². The van der Waals surface area contributed by atoms with E-state index in [0.717, 1.165) is 18.8 Å². The van der Waals surface area contributed by atoms with Gasteiger partial charge in [-0.1, -0.05) is 6.07 Å². The Kier molecular flexibility index (Phi) is 2.42. The largest absolute Gasteiger partial charge is 0.325 e. The molecule has 0 aromatic carbocycles. The first-order valence-corrected chi connectivity index (χ1v) is 5.67. The second-order valence-electron chi connectivity index (χ2n) is 4.47. The number of hydrogen-bond donors (Lipinski definition) is 1. The quantitative estimate of drug-likeness (QED) is 0.778. The van der Waals surface area contributed by atoms with Gasteiger partial charge in [-0.2, -0.15) is 0 Å². The zero-order valence-electron chi connectivity index (χ0n) is 9.41. The average molecular weight is 230 g/mol. The molecule has 3 heterocycles. The van der Waals surface area contributed by atoms with E-state index in [-0.39, 0.29) is 11.6 Å². The van der Waals surface area contributed by atoms with Crippen LogP contribution in [0.25, 0.3) is 5.65 Å². The minimum Gasteiger partial charge on any atom is -0.325 e. The van der Waals surface area contributed by atoms with E-state index in [0.29, 0.717) is 12.2 Å². The molecule has 1 saturated heterocycles. The molecule has 3 rings (SSSR count). The fourth-order valence-electron chi connectivity index (χ4n) is 2.15. The van der Waals surface area contributed by atoms with E-state index in [1.165, 1.54) is 0 Å². The third-order valence-corrected chi connectivity index (χ3v) is 3.00. The lowest BCUT2D eigenvalue weighted by molar-refractivity contribution is 0.140. The van der Waals surface area contributed by atoms with Crippen LogP contribution in [0.1, 0.15) is 5.69 Å². The molecule has 0 spiro atoms. The molecule has 0 aliphatic carbocycles. The van der Waals surface area contributed by atoms with Crippen LogP contribution in [0.2, 0.25) is 0 Å². The topological polar surface area (TPSA) is 63.6 Å². The summed E-state index contributed by atoms with van der Waals surface area (Å²) >= 11 is 0. The Labute approximate surface area is 98.5 Å². The van der Waals surface area contributed by atoms with Crippen molar-refractivity contribution >= 4 is 5.65 Å². The molecule has 5 heteroatoms. The predicted molar refractivity (Wildman–Crippen MR) is 64.7 cm³/mol. The minimum atomic E-state index is -0.0320. The highest BCUT2D eigenvalue weighted by Gasteiger charge is 2.23. The second-order valence-corrected chi connectivity index (χ2v) is 4.47. The van der Waals surface area contributed by atoms with Crippen LogP contribution in [0.15, 0.2) is 35.3 Å². The molecule has 2 aromatic heterocycles. The number of pyridine rings is 1. The maximum atomic E-state index is 11.8. The van der Waals surface area contributed by atoms with Crippen molar-refractivity contribution in [2.75, 3.05) is 13.1 Å². The summed E-state index contributed by atoms with van der Waals surface area (Å²) in [5, 5.41) is 0. The Morgan fingerprint density at radius 2 is 2.24 bits per heavy atom. The Morgan fingerprint density at radius 1 is 1.41 bits per heavy atom. The van der Waals surface area contributed by atoms with E-state index in [1.54, 1.807) is 16.7 Å². The van der Waals surface area contributed by atoms with Gasteiger partial charge in [-0.25, -0.2) is 4.98 Å². The highest BCUT2D eigenvalue weighted by molar-refractivity contribution is 5.37. The highest BCUT2D eigenvalue weighted by Crippen LogP contribution is 2.09. The maximum absolute atomic E-state index is 11.8. The van der Waals surface area contributed by atoms with Crippen molar-refractivity contribution in [1.82, 2.24) is 14.3 Å². The zero-order valence-corrected chi connectivity index (χ0v) is 9.41. The summed E-state index contributed by atoms with van der Waals surface area (Å²) in [5.74, 6) is 0. The van der Waals surface area contributed by atoms with Gasteiger partial charge in [0.1, 0.15) is 5.65 Å². The third kappa shape index (κ3) is 1.94. The fraction of sp³-hybridized carbons (Fsp3) is 0.333. The van der Waals surface area contributed by atoms with Gasteiger partial charge in [0.2, 0.25) is 0 Å². The molecule has 17 heavy (non-hydrogen) atoms. The van der Waals surface area contributed by atoms with Crippen molar-refractivity contribution in [3.8, 4) is 0 Å². The summed E-state index contributed by atoms with van der Waals surface area (Å²) in [7, 11) is 0. The van der Waals surface area contributed by atoms with Crippen molar-refractivity contribution < 1.29 is 0 Å². The molecule has 88 valence electrons. The van der Waals surface area contributed by atoms with E-state index >= 15 is 0 Å². The number of aromatic nitrogens is 2. The molecule has 0 saturated carbocycles. The summed E-state index contributed by atoms with van der Waals surface area (Å²) < 4.78 is 1.55. The van der Waals surface area contributed by atoms with E-state index in [1.807, 2.05) is 18.2 Å². The van der Waals surface area contributed by atoms with Gasteiger partial charge in [0.15, 0.2) is 0 Å². The Morgan fingerprint density at radius 3 is 3.00 bits per heavy atom. The van der Waals surface area contributed by atoms with Gasteiger partial charge in [0.25, 0.3) is 5.56 Å². The Bertz CT molecular complexity index is 601. The molecule has 1 fully saturated rings. The van der Waals surface area contributed by atoms with Gasteiger partial charge in [-0.3, -0.25) is 14.1 Å². The number of fused-ring (bicyclic) bond motifs is 1. The first kappa shape index (κ1) is 10.4. The lowest BCUT2D eigenvalue weighted by Gasteiger charge is -2.36. The molecule has 2 N–H and O–H groups in total. The van der Waals surface area contributed by atoms with E-state index in [9.17, 15) is 4.79 Å². The van der Waals surface area contributed by atoms with Crippen LogP contribution in [0.5, 0.6) is 0 Å². The van der Waals surface area contributed by atoms with Crippen molar-refractivity contribution in [2.45, 2.75) is 12.6 Å². The lowest BCUT2D eigenvalue weighted by Crippen LogP contribution is -2.55. The van der Waals surface area contributed by atoms with Gasteiger partial charge in [0.05, 0.1) is 5.69 Å². The number of nitrogens with zero attached hydrogens (tertiary/aromatic N) is 3. The van der Waals surface area contributed by atoms with Crippen molar-refractivity contribution in [3.63, 3.8) is 0 Å². The molecule has 0 amide bonds. The monoisotopic (exact) mass is 230 g/mol. The number of likely N-dealkylation sites (tertiary alicyclic amines) is 1.